The molecule has 3 aromatic rings. The second-order valence-corrected chi connectivity index (χ2v) is 6.94. The van der Waals surface area contributed by atoms with E-state index in [1.807, 2.05) is 38.5 Å². The summed E-state index contributed by atoms with van der Waals surface area (Å²) in [6.07, 6.45) is 5.35. The van der Waals surface area contributed by atoms with Gasteiger partial charge in [0.15, 0.2) is 10.8 Å². The van der Waals surface area contributed by atoms with Crippen LogP contribution in [0.3, 0.4) is 0 Å². The predicted molar refractivity (Wildman–Crippen MR) is 89.0 cm³/mol. The normalized spacial score (nSPS) is 14.1. The number of thiazole rings is 1. The maximum Gasteiger partial charge on any atom is 0.162 e. The SMILES string of the molecule is Cc1ccc(-c2ncc(CNCC(C)(O)c3cnn(C)c3)s2)o1. The molecule has 0 fully saturated rings. The molecule has 0 saturated carbocycles. The monoisotopic (exact) mass is 332 g/mol. The Morgan fingerprint density at radius 1 is 1.39 bits per heavy atom. The van der Waals surface area contributed by atoms with Crippen molar-refractivity contribution in [2.45, 2.75) is 26.0 Å². The summed E-state index contributed by atoms with van der Waals surface area (Å²) in [4.78, 5) is 5.48. The van der Waals surface area contributed by atoms with Crippen molar-refractivity contribution in [2.24, 2.45) is 7.05 Å². The lowest BCUT2D eigenvalue weighted by molar-refractivity contribution is 0.0566. The molecule has 0 aliphatic carbocycles. The van der Waals surface area contributed by atoms with Crippen molar-refractivity contribution in [1.82, 2.24) is 20.1 Å². The van der Waals surface area contributed by atoms with Crippen LogP contribution in [0.1, 0.15) is 23.1 Å². The van der Waals surface area contributed by atoms with Gasteiger partial charge in [-0.3, -0.25) is 4.68 Å². The van der Waals surface area contributed by atoms with Gasteiger partial charge in [-0.15, -0.1) is 11.3 Å². The fraction of sp³-hybridized carbons (Fsp3) is 0.375. The number of aromatic nitrogens is 3. The van der Waals surface area contributed by atoms with Crippen molar-refractivity contribution in [3.05, 3.63) is 46.9 Å². The minimum atomic E-state index is -0.958. The summed E-state index contributed by atoms with van der Waals surface area (Å²) >= 11 is 1.58. The zero-order chi connectivity index (χ0) is 16.4. The molecule has 1 atom stereocenters. The number of rotatable bonds is 6. The van der Waals surface area contributed by atoms with E-state index in [0.29, 0.717) is 13.1 Å². The minimum Gasteiger partial charge on any atom is -0.459 e. The quantitative estimate of drug-likeness (QED) is 0.725. The lowest BCUT2D eigenvalue weighted by Crippen LogP contribution is -2.34. The lowest BCUT2D eigenvalue weighted by atomic mass is 10.00. The predicted octanol–water partition coefficient (Wildman–Crippen LogP) is 2.44. The Hall–Kier alpha value is -1.96. The molecule has 0 aliphatic rings. The Morgan fingerprint density at radius 2 is 2.22 bits per heavy atom. The third-order valence-electron chi connectivity index (χ3n) is 3.60. The van der Waals surface area contributed by atoms with Gasteiger partial charge in [0, 0.05) is 43.0 Å². The third kappa shape index (κ3) is 3.69. The summed E-state index contributed by atoms with van der Waals surface area (Å²) in [5.74, 6) is 1.67. The molecule has 0 amide bonds. The smallest absolute Gasteiger partial charge is 0.162 e. The number of nitrogens with one attached hydrogen (secondary N) is 1. The Balaban J connectivity index is 1.58. The molecule has 122 valence electrons. The van der Waals surface area contributed by atoms with E-state index in [0.717, 1.165) is 27.0 Å². The molecule has 3 heterocycles. The van der Waals surface area contributed by atoms with Crippen LogP contribution in [0.15, 0.2) is 35.1 Å². The van der Waals surface area contributed by atoms with Gasteiger partial charge in [-0.25, -0.2) is 4.98 Å². The number of furan rings is 1. The second-order valence-electron chi connectivity index (χ2n) is 5.82. The molecule has 0 saturated heterocycles. The third-order valence-corrected chi connectivity index (χ3v) is 4.61. The van der Waals surface area contributed by atoms with Crippen molar-refractivity contribution in [3.63, 3.8) is 0 Å². The number of hydrogen-bond acceptors (Lipinski definition) is 6. The van der Waals surface area contributed by atoms with E-state index < -0.39 is 5.60 Å². The van der Waals surface area contributed by atoms with Crippen LogP contribution >= 0.6 is 11.3 Å². The zero-order valence-corrected chi connectivity index (χ0v) is 14.2. The van der Waals surface area contributed by atoms with E-state index in [1.165, 1.54) is 0 Å². The van der Waals surface area contributed by atoms with E-state index in [2.05, 4.69) is 15.4 Å². The van der Waals surface area contributed by atoms with E-state index in [-0.39, 0.29) is 0 Å². The summed E-state index contributed by atoms with van der Waals surface area (Å²) in [5.41, 5.74) is -0.163. The van der Waals surface area contributed by atoms with E-state index >= 15 is 0 Å². The van der Waals surface area contributed by atoms with Crippen molar-refractivity contribution >= 4 is 11.3 Å². The molecule has 2 N–H and O–H groups in total. The molecule has 3 aromatic heterocycles. The van der Waals surface area contributed by atoms with Crippen LogP contribution in [0.25, 0.3) is 10.8 Å². The summed E-state index contributed by atoms with van der Waals surface area (Å²) in [7, 11) is 1.84. The highest BCUT2D eigenvalue weighted by molar-refractivity contribution is 7.14. The Bertz CT molecular complexity index is 787. The lowest BCUT2D eigenvalue weighted by Gasteiger charge is -2.22. The highest BCUT2D eigenvalue weighted by atomic mass is 32.1. The van der Waals surface area contributed by atoms with E-state index in [1.54, 1.807) is 29.1 Å². The maximum absolute atomic E-state index is 10.5. The fourth-order valence-corrected chi connectivity index (χ4v) is 3.13. The standard InChI is InChI=1S/C16H20N4O2S/c1-11-4-5-14(22-11)15-18-8-13(23-15)7-17-10-16(2,21)12-6-19-20(3)9-12/h4-6,8-9,17,21H,7,10H2,1-3H3. The van der Waals surface area contributed by atoms with Crippen LogP contribution < -0.4 is 5.32 Å². The highest BCUT2D eigenvalue weighted by Crippen LogP contribution is 2.27. The molecule has 1 unspecified atom stereocenters. The van der Waals surface area contributed by atoms with Crippen molar-refractivity contribution < 1.29 is 9.52 Å². The number of hydrogen-bond donors (Lipinski definition) is 2. The largest absolute Gasteiger partial charge is 0.459 e. The van der Waals surface area contributed by atoms with E-state index in [4.69, 9.17) is 4.42 Å². The Kier molecular flexibility index (Phi) is 4.34. The van der Waals surface area contributed by atoms with Gasteiger partial charge < -0.3 is 14.8 Å². The summed E-state index contributed by atoms with van der Waals surface area (Å²) < 4.78 is 7.27. The average molecular weight is 332 g/mol. The van der Waals surface area contributed by atoms with Gasteiger partial charge in [-0.2, -0.15) is 5.10 Å². The van der Waals surface area contributed by atoms with Gasteiger partial charge in [-0.05, 0) is 26.0 Å². The first-order chi connectivity index (χ1) is 10.9. The molecular weight excluding hydrogens is 312 g/mol. The molecule has 3 rings (SSSR count). The van der Waals surface area contributed by atoms with Crippen LogP contribution in [-0.4, -0.2) is 26.4 Å². The highest BCUT2D eigenvalue weighted by Gasteiger charge is 2.24. The summed E-state index contributed by atoms with van der Waals surface area (Å²) in [6, 6.07) is 3.86. The van der Waals surface area contributed by atoms with Crippen LogP contribution in [0, 0.1) is 6.92 Å². The van der Waals surface area contributed by atoms with Crippen molar-refractivity contribution in [1.29, 1.82) is 0 Å². The number of aliphatic hydroxyl groups is 1. The molecule has 0 aromatic carbocycles. The zero-order valence-electron chi connectivity index (χ0n) is 13.4. The first-order valence-electron chi connectivity index (χ1n) is 7.38. The van der Waals surface area contributed by atoms with Crippen LogP contribution in [0.4, 0.5) is 0 Å². The second kappa shape index (κ2) is 6.27. The molecule has 0 spiro atoms. The minimum absolute atomic E-state index is 0.436. The van der Waals surface area contributed by atoms with E-state index in [9.17, 15) is 5.11 Å². The average Bonchev–Trinajstić information content (AvgIpc) is 3.19. The molecule has 6 nitrogen and oxygen atoms in total. The molecule has 0 radical (unpaired) electrons. The van der Waals surface area contributed by atoms with Crippen LogP contribution in [0.5, 0.6) is 0 Å². The van der Waals surface area contributed by atoms with Crippen LogP contribution in [-0.2, 0) is 19.2 Å². The topological polar surface area (TPSA) is 76.1 Å². The molecule has 7 heteroatoms. The number of nitrogens with zero attached hydrogens (tertiary/aromatic N) is 3. The summed E-state index contributed by atoms with van der Waals surface area (Å²) in [6.45, 7) is 4.78. The molecule has 23 heavy (non-hydrogen) atoms. The van der Waals surface area contributed by atoms with Gasteiger partial charge in [-0.1, -0.05) is 0 Å². The molecule has 0 bridgehead atoms. The van der Waals surface area contributed by atoms with Gasteiger partial charge >= 0.3 is 0 Å². The maximum atomic E-state index is 10.5. The van der Waals surface area contributed by atoms with Gasteiger partial charge in [0.1, 0.15) is 11.4 Å². The first-order valence-corrected chi connectivity index (χ1v) is 8.19. The van der Waals surface area contributed by atoms with Gasteiger partial charge in [0.05, 0.1) is 6.20 Å². The van der Waals surface area contributed by atoms with Gasteiger partial charge in [0.2, 0.25) is 0 Å². The number of aryl methyl sites for hydroxylation is 2. The summed E-state index contributed by atoms with van der Waals surface area (Å²) in [5, 5.41) is 18.8. The van der Waals surface area contributed by atoms with Gasteiger partial charge in [0.25, 0.3) is 0 Å². The molecule has 0 aliphatic heterocycles. The first kappa shape index (κ1) is 15.9. The fourth-order valence-electron chi connectivity index (χ4n) is 2.28. The molecular formula is C16H20N4O2S. The van der Waals surface area contributed by atoms with Crippen molar-refractivity contribution in [3.8, 4) is 10.8 Å². The Labute approximate surface area is 138 Å². The van der Waals surface area contributed by atoms with Crippen LogP contribution in [0.2, 0.25) is 0 Å². The van der Waals surface area contributed by atoms with Crippen molar-refractivity contribution in [2.75, 3.05) is 6.54 Å². The Morgan fingerprint density at radius 3 is 2.87 bits per heavy atom.